The number of hydrogen-bond donors (Lipinski definition) is 1. The smallest absolute Gasteiger partial charge is 0.310 e. The van der Waals surface area contributed by atoms with E-state index in [-0.39, 0.29) is 30.1 Å². The van der Waals surface area contributed by atoms with Crippen molar-refractivity contribution in [1.29, 1.82) is 0 Å². The van der Waals surface area contributed by atoms with Crippen molar-refractivity contribution in [2.75, 3.05) is 18.5 Å². The minimum atomic E-state index is -0.701. The van der Waals surface area contributed by atoms with Gasteiger partial charge in [-0.25, -0.2) is 4.39 Å². The van der Waals surface area contributed by atoms with Gasteiger partial charge in [-0.15, -0.1) is 0 Å². The Morgan fingerprint density at radius 2 is 2.00 bits per heavy atom. The zero-order valence-corrected chi connectivity index (χ0v) is 13.1. The summed E-state index contributed by atoms with van der Waals surface area (Å²) in [5, 5.41) is 2.59. The first-order chi connectivity index (χ1) is 12.0. The molecule has 1 aliphatic heterocycles. The Balaban J connectivity index is 1.59. The Kier molecular flexibility index (Phi) is 4.74. The van der Waals surface area contributed by atoms with E-state index in [4.69, 9.17) is 9.47 Å². The standard InChI is InChI=1S/C18H14FNO5/c19-13-4-2-1-3-11(13)8-18(23)25-9-15(21)12-5-6-16-14(7-12)20-17(22)10-24-16/h1-7H,8-10H2,(H,20,22). The normalized spacial score (nSPS) is 12.6. The Hall–Kier alpha value is -3.22. The molecule has 0 spiro atoms. The number of rotatable bonds is 5. The largest absolute Gasteiger partial charge is 0.482 e. The second-order valence-electron chi connectivity index (χ2n) is 5.40. The number of esters is 1. The minimum absolute atomic E-state index is 0.0754. The zero-order chi connectivity index (χ0) is 17.8. The third-order valence-electron chi connectivity index (χ3n) is 3.59. The third kappa shape index (κ3) is 4.00. The van der Waals surface area contributed by atoms with Crippen molar-refractivity contribution < 1.29 is 28.2 Å². The van der Waals surface area contributed by atoms with Gasteiger partial charge in [0.25, 0.3) is 5.91 Å². The van der Waals surface area contributed by atoms with Crippen LogP contribution >= 0.6 is 0 Å². The van der Waals surface area contributed by atoms with Gasteiger partial charge in [-0.3, -0.25) is 14.4 Å². The van der Waals surface area contributed by atoms with Crippen LogP contribution in [0, 0.1) is 5.82 Å². The lowest BCUT2D eigenvalue weighted by molar-refractivity contribution is -0.141. The summed E-state index contributed by atoms with van der Waals surface area (Å²) in [5.74, 6) is -1.49. The predicted molar refractivity (Wildman–Crippen MR) is 86.0 cm³/mol. The van der Waals surface area contributed by atoms with E-state index in [9.17, 15) is 18.8 Å². The summed E-state index contributed by atoms with van der Waals surface area (Å²) in [7, 11) is 0. The molecule has 0 fully saturated rings. The van der Waals surface area contributed by atoms with Gasteiger partial charge in [0.05, 0.1) is 12.1 Å². The number of fused-ring (bicyclic) bond motifs is 1. The highest BCUT2D eigenvalue weighted by molar-refractivity contribution is 6.01. The summed E-state index contributed by atoms with van der Waals surface area (Å²) in [6.45, 7) is -0.547. The number of nitrogens with one attached hydrogen (secondary N) is 1. The van der Waals surface area contributed by atoms with Crippen LogP contribution in [0.5, 0.6) is 5.75 Å². The quantitative estimate of drug-likeness (QED) is 0.664. The molecular formula is C18H14FNO5. The summed E-state index contributed by atoms with van der Waals surface area (Å²) in [4.78, 5) is 35.2. The summed E-state index contributed by atoms with van der Waals surface area (Å²) >= 11 is 0. The molecule has 3 rings (SSSR count). The Morgan fingerprint density at radius 3 is 2.80 bits per heavy atom. The van der Waals surface area contributed by atoms with Crippen LogP contribution in [0.1, 0.15) is 15.9 Å². The van der Waals surface area contributed by atoms with E-state index >= 15 is 0 Å². The van der Waals surface area contributed by atoms with Crippen LogP contribution in [0.2, 0.25) is 0 Å². The van der Waals surface area contributed by atoms with E-state index in [1.807, 2.05) is 0 Å². The molecule has 0 unspecified atom stereocenters. The van der Waals surface area contributed by atoms with Gasteiger partial charge < -0.3 is 14.8 Å². The van der Waals surface area contributed by atoms with Gasteiger partial charge in [-0.05, 0) is 29.8 Å². The molecule has 128 valence electrons. The van der Waals surface area contributed by atoms with Gasteiger partial charge in [-0.1, -0.05) is 18.2 Å². The highest BCUT2D eigenvalue weighted by Gasteiger charge is 2.18. The molecule has 7 heteroatoms. The van der Waals surface area contributed by atoms with Gasteiger partial charge >= 0.3 is 5.97 Å². The molecule has 1 N–H and O–H groups in total. The second-order valence-corrected chi connectivity index (χ2v) is 5.40. The van der Waals surface area contributed by atoms with Crippen LogP contribution in [-0.4, -0.2) is 30.9 Å². The van der Waals surface area contributed by atoms with Crippen LogP contribution in [0.3, 0.4) is 0 Å². The Labute approximate surface area is 142 Å². The van der Waals surface area contributed by atoms with E-state index < -0.39 is 24.2 Å². The van der Waals surface area contributed by atoms with Gasteiger partial charge in [0.2, 0.25) is 0 Å². The maximum absolute atomic E-state index is 13.5. The maximum atomic E-state index is 13.5. The van der Waals surface area contributed by atoms with Crippen molar-refractivity contribution in [3.8, 4) is 5.75 Å². The monoisotopic (exact) mass is 343 g/mol. The summed E-state index contributed by atoms with van der Waals surface area (Å²) in [6, 6.07) is 10.4. The van der Waals surface area contributed by atoms with Gasteiger partial charge in [0, 0.05) is 5.56 Å². The molecule has 0 saturated carbocycles. The SMILES string of the molecule is O=C1COc2ccc(C(=O)COC(=O)Cc3ccccc3F)cc2N1. The molecule has 0 atom stereocenters. The number of carbonyl (C=O) groups is 3. The second kappa shape index (κ2) is 7.12. The molecule has 2 aromatic rings. The summed E-state index contributed by atoms with van der Waals surface area (Å²) < 4.78 is 23.6. The third-order valence-corrected chi connectivity index (χ3v) is 3.59. The van der Waals surface area contributed by atoms with Gasteiger partial charge in [-0.2, -0.15) is 0 Å². The Bertz CT molecular complexity index is 849. The number of ketones is 1. The van der Waals surface area contributed by atoms with E-state index in [0.29, 0.717) is 11.4 Å². The van der Waals surface area contributed by atoms with Crippen LogP contribution < -0.4 is 10.1 Å². The van der Waals surface area contributed by atoms with Crippen molar-refractivity contribution >= 4 is 23.3 Å². The lowest BCUT2D eigenvalue weighted by Gasteiger charge is -2.18. The number of anilines is 1. The molecular weight excluding hydrogens is 329 g/mol. The number of ether oxygens (including phenoxy) is 2. The van der Waals surface area contributed by atoms with Gasteiger partial charge in [0.15, 0.2) is 19.0 Å². The molecule has 1 aliphatic rings. The van der Waals surface area contributed by atoms with E-state index in [1.54, 1.807) is 12.1 Å². The molecule has 25 heavy (non-hydrogen) atoms. The summed E-state index contributed by atoms with van der Waals surface area (Å²) in [5.41, 5.74) is 0.858. The van der Waals surface area contributed by atoms with Crippen LogP contribution in [0.15, 0.2) is 42.5 Å². The molecule has 2 aromatic carbocycles. The number of amides is 1. The lowest BCUT2D eigenvalue weighted by atomic mass is 10.1. The molecule has 6 nitrogen and oxygen atoms in total. The Morgan fingerprint density at radius 1 is 1.20 bits per heavy atom. The number of Topliss-reactive ketones (excluding diaryl/α,β-unsaturated/α-hetero) is 1. The highest BCUT2D eigenvalue weighted by Crippen LogP contribution is 2.28. The van der Waals surface area contributed by atoms with Crippen molar-refractivity contribution in [1.82, 2.24) is 0 Å². The van der Waals surface area contributed by atoms with Crippen molar-refractivity contribution in [3.05, 3.63) is 59.4 Å². The van der Waals surface area contributed by atoms with Crippen molar-refractivity contribution in [3.63, 3.8) is 0 Å². The first-order valence-corrected chi connectivity index (χ1v) is 7.52. The number of carbonyl (C=O) groups excluding carboxylic acids is 3. The fourth-order valence-corrected chi connectivity index (χ4v) is 2.33. The molecule has 1 amide bonds. The molecule has 0 aromatic heterocycles. The molecule has 0 aliphatic carbocycles. The highest BCUT2D eigenvalue weighted by atomic mass is 19.1. The van der Waals surface area contributed by atoms with Gasteiger partial charge in [0.1, 0.15) is 11.6 Å². The van der Waals surface area contributed by atoms with Crippen molar-refractivity contribution in [2.45, 2.75) is 6.42 Å². The number of benzene rings is 2. The fraction of sp³-hybridized carbons (Fsp3) is 0.167. The molecule has 1 heterocycles. The minimum Gasteiger partial charge on any atom is -0.482 e. The number of halogens is 1. The number of hydrogen-bond acceptors (Lipinski definition) is 5. The average Bonchev–Trinajstić information content (AvgIpc) is 2.61. The molecule has 0 radical (unpaired) electrons. The predicted octanol–water partition coefficient (Wildman–Crippen LogP) is 2.13. The fourth-order valence-electron chi connectivity index (χ4n) is 2.33. The van der Waals surface area contributed by atoms with E-state index in [1.165, 1.54) is 30.3 Å². The first-order valence-electron chi connectivity index (χ1n) is 7.52. The lowest BCUT2D eigenvalue weighted by Crippen LogP contribution is -2.25. The van der Waals surface area contributed by atoms with E-state index in [2.05, 4.69) is 5.32 Å². The topological polar surface area (TPSA) is 81.7 Å². The van der Waals surface area contributed by atoms with Crippen LogP contribution in [0.4, 0.5) is 10.1 Å². The molecule has 0 saturated heterocycles. The maximum Gasteiger partial charge on any atom is 0.310 e. The molecule has 0 bridgehead atoms. The van der Waals surface area contributed by atoms with Crippen molar-refractivity contribution in [2.24, 2.45) is 0 Å². The zero-order valence-electron chi connectivity index (χ0n) is 13.1. The summed E-state index contributed by atoms with van der Waals surface area (Å²) in [6.07, 6.45) is -0.256. The van der Waals surface area contributed by atoms with Crippen LogP contribution in [0.25, 0.3) is 0 Å². The van der Waals surface area contributed by atoms with Crippen LogP contribution in [-0.2, 0) is 20.7 Å². The first kappa shape index (κ1) is 16.6. The average molecular weight is 343 g/mol. The van der Waals surface area contributed by atoms with E-state index in [0.717, 1.165) is 0 Å².